The molecule has 142 valence electrons. The fourth-order valence-electron chi connectivity index (χ4n) is 4.12. The molecule has 2 N–H and O–H groups in total. The normalized spacial score (nSPS) is 37.0. The number of nitrogens with one attached hydrogen (secondary N) is 2. The highest BCUT2D eigenvalue weighted by Crippen LogP contribution is 2.29. The monoisotopic (exact) mass is 371 g/mol. The van der Waals surface area contributed by atoms with E-state index in [1.54, 1.807) is 7.05 Å². The summed E-state index contributed by atoms with van der Waals surface area (Å²) in [6.07, 6.45) is 9.85. The molecule has 0 radical (unpaired) electrons. The van der Waals surface area contributed by atoms with Gasteiger partial charge in [0.1, 0.15) is 6.04 Å². The van der Waals surface area contributed by atoms with Gasteiger partial charge in [0, 0.05) is 24.9 Å². The molecule has 0 spiro atoms. The van der Waals surface area contributed by atoms with Crippen LogP contribution in [0.1, 0.15) is 64.2 Å². The molecule has 1 saturated heterocycles. The molecular weight excluding hydrogens is 342 g/mol. The van der Waals surface area contributed by atoms with Gasteiger partial charge in [0.15, 0.2) is 0 Å². The van der Waals surface area contributed by atoms with Crippen LogP contribution in [0.2, 0.25) is 0 Å². The first-order chi connectivity index (χ1) is 12.0. The topological polar surface area (TPSA) is 70.7 Å². The number of hydrazine groups is 1. The third-order valence-corrected chi connectivity index (χ3v) is 6.05. The molecule has 3 unspecified atom stereocenters. The maximum absolute atomic E-state index is 12.4. The number of nitrogens with zero attached hydrogens (tertiary/aromatic N) is 1. The Bertz CT molecular complexity index is 482. The Morgan fingerprint density at radius 2 is 1.92 bits per heavy atom. The van der Waals surface area contributed by atoms with Crippen molar-refractivity contribution in [2.75, 3.05) is 7.05 Å². The molecule has 0 aromatic heterocycles. The van der Waals surface area contributed by atoms with Gasteiger partial charge in [-0.05, 0) is 57.8 Å². The van der Waals surface area contributed by atoms with E-state index in [4.69, 9.17) is 16.3 Å². The van der Waals surface area contributed by atoms with Crippen LogP contribution in [-0.4, -0.2) is 53.5 Å². The van der Waals surface area contributed by atoms with Gasteiger partial charge in [0.25, 0.3) is 0 Å². The number of alkyl halides is 1. The minimum atomic E-state index is -0.306. The van der Waals surface area contributed by atoms with E-state index < -0.39 is 0 Å². The van der Waals surface area contributed by atoms with Crippen LogP contribution in [0.5, 0.6) is 0 Å². The lowest BCUT2D eigenvalue weighted by molar-refractivity contribution is -0.140. The molecule has 3 aliphatic rings. The van der Waals surface area contributed by atoms with Crippen LogP contribution < -0.4 is 10.7 Å². The second-order valence-corrected chi connectivity index (χ2v) is 8.29. The van der Waals surface area contributed by atoms with Crippen LogP contribution in [0.4, 0.5) is 0 Å². The van der Waals surface area contributed by atoms with E-state index in [0.717, 1.165) is 51.4 Å². The molecule has 0 bridgehead atoms. The van der Waals surface area contributed by atoms with Gasteiger partial charge < -0.3 is 10.1 Å². The van der Waals surface area contributed by atoms with Gasteiger partial charge >= 0.3 is 0 Å². The van der Waals surface area contributed by atoms with Gasteiger partial charge in [-0.25, -0.2) is 5.43 Å². The zero-order valence-corrected chi connectivity index (χ0v) is 15.8. The molecule has 3 rings (SSSR count). The summed E-state index contributed by atoms with van der Waals surface area (Å²) in [5.41, 5.74) is 2.96. The molecule has 6 nitrogen and oxygen atoms in total. The zero-order valence-electron chi connectivity index (χ0n) is 15.0. The second kappa shape index (κ2) is 8.69. The number of ether oxygens (including phenoxy) is 1. The van der Waals surface area contributed by atoms with Crippen molar-refractivity contribution in [3.05, 3.63) is 0 Å². The number of carbonyl (C=O) groups excluding carboxylic acids is 2. The lowest BCUT2D eigenvalue weighted by atomic mass is 9.91. The van der Waals surface area contributed by atoms with Gasteiger partial charge in [-0.3, -0.25) is 14.6 Å². The fraction of sp³-hybridized carbons (Fsp3) is 0.889. The molecule has 2 saturated carbocycles. The Kier molecular flexibility index (Phi) is 6.58. The van der Waals surface area contributed by atoms with Crippen molar-refractivity contribution in [2.24, 2.45) is 0 Å². The van der Waals surface area contributed by atoms with Crippen molar-refractivity contribution >= 4 is 23.4 Å². The smallest absolute Gasteiger partial charge is 0.239 e. The Labute approximate surface area is 154 Å². The highest BCUT2D eigenvalue weighted by Gasteiger charge is 2.31. The van der Waals surface area contributed by atoms with Crippen LogP contribution in [0.15, 0.2) is 0 Å². The summed E-state index contributed by atoms with van der Waals surface area (Å²) in [6, 6.07) is -0.0937. The van der Waals surface area contributed by atoms with Gasteiger partial charge in [-0.15, -0.1) is 11.6 Å². The van der Waals surface area contributed by atoms with Gasteiger partial charge in [-0.1, -0.05) is 0 Å². The first-order valence-corrected chi connectivity index (χ1v) is 10.1. The first-order valence-electron chi connectivity index (χ1n) is 9.64. The minimum absolute atomic E-state index is 0.000908. The summed E-state index contributed by atoms with van der Waals surface area (Å²) in [5, 5.41) is 4.83. The maximum atomic E-state index is 12.4. The van der Waals surface area contributed by atoms with E-state index in [0.29, 0.717) is 25.0 Å². The van der Waals surface area contributed by atoms with E-state index in [2.05, 4.69) is 10.7 Å². The lowest BCUT2D eigenvalue weighted by Gasteiger charge is -2.35. The molecule has 7 heteroatoms. The average molecular weight is 372 g/mol. The minimum Gasteiger partial charge on any atom is -0.375 e. The highest BCUT2D eigenvalue weighted by molar-refractivity contribution is 6.20. The Morgan fingerprint density at radius 3 is 2.60 bits per heavy atom. The Morgan fingerprint density at radius 1 is 1.16 bits per heavy atom. The first kappa shape index (κ1) is 18.9. The van der Waals surface area contributed by atoms with Crippen molar-refractivity contribution in [1.82, 2.24) is 15.8 Å². The van der Waals surface area contributed by atoms with Crippen LogP contribution in [-0.2, 0) is 14.3 Å². The predicted octanol–water partition coefficient (Wildman–Crippen LogP) is 2.11. The molecule has 2 aliphatic carbocycles. The fourth-order valence-corrected chi connectivity index (χ4v) is 4.48. The highest BCUT2D eigenvalue weighted by atomic mass is 35.5. The van der Waals surface area contributed by atoms with E-state index in [1.807, 2.05) is 0 Å². The number of hydrogen-bond acceptors (Lipinski definition) is 4. The van der Waals surface area contributed by atoms with E-state index in [-0.39, 0.29) is 29.3 Å². The van der Waals surface area contributed by atoms with Crippen molar-refractivity contribution in [3.63, 3.8) is 0 Å². The van der Waals surface area contributed by atoms with Crippen molar-refractivity contribution < 1.29 is 14.3 Å². The largest absolute Gasteiger partial charge is 0.375 e. The van der Waals surface area contributed by atoms with Crippen LogP contribution in [0.3, 0.4) is 0 Å². The summed E-state index contributed by atoms with van der Waals surface area (Å²) in [7, 11) is 1.67. The SMILES string of the molecule is CN1NC(C(=O)NC2CCC(OC3CCCC(Cl)C3)CC2)CCC1=O. The zero-order chi connectivity index (χ0) is 17.8. The molecule has 1 heterocycles. The van der Waals surface area contributed by atoms with E-state index >= 15 is 0 Å². The number of hydrogen-bond donors (Lipinski definition) is 2. The average Bonchev–Trinajstić information content (AvgIpc) is 2.59. The van der Waals surface area contributed by atoms with Gasteiger partial charge in [-0.2, -0.15) is 0 Å². The number of amides is 2. The third kappa shape index (κ3) is 5.31. The number of halogens is 1. The van der Waals surface area contributed by atoms with Gasteiger partial charge in [0.2, 0.25) is 11.8 Å². The standard InChI is InChI=1S/C18H30ClN3O3/c1-22-17(23)10-9-16(21-22)18(24)20-13-5-7-14(8-6-13)25-15-4-2-3-12(19)11-15/h12-16,21H,2-11H2,1H3,(H,20,24). The lowest BCUT2D eigenvalue weighted by Crippen LogP contribution is -2.57. The van der Waals surface area contributed by atoms with Gasteiger partial charge in [0.05, 0.1) is 12.2 Å². The molecule has 1 aliphatic heterocycles. The van der Waals surface area contributed by atoms with Crippen molar-refractivity contribution in [3.8, 4) is 0 Å². The molecule has 0 aromatic carbocycles. The summed E-state index contributed by atoms with van der Waals surface area (Å²) in [5.74, 6) is 0.0320. The quantitative estimate of drug-likeness (QED) is 0.742. The molecule has 25 heavy (non-hydrogen) atoms. The molecular formula is C18H30ClN3O3. The summed E-state index contributed by atoms with van der Waals surface area (Å²) in [4.78, 5) is 23.9. The summed E-state index contributed by atoms with van der Waals surface area (Å²) >= 11 is 6.24. The Balaban J connectivity index is 1.37. The molecule has 3 fully saturated rings. The van der Waals surface area contributed by atoms with Crippen molar-refractivity contribution in [1.29, 1.82) is 0 Å². The second-order valence-electron chi connectivity index (χ2n) is 7.68. The summed E-state index contributed by atoms with van der Waals surface area (Å²) < 4.78 is 6.24. The van der Waals surface area contributed by atoms with Crippen LogP contribution in [0.25, 0.3) is 0 Å². The van der Waals surface area contributed by atoms with Crippen LogP contribution >= 0.6 is 11.6 Å². The van der Waals surface area contributed by atoms with Crippen LogP contribution in [0, 0.1) is 0 Å². The van der Waals surface area contributed by atoms with E-state index in [1.165, 1.54) is 5.01 Å². The summed E-state index contributed by atoms with van der Waals surface area (Å²) in [6.45, 7) is 0. The van der Waals surface area contributed by atoms with Crippen molar-refractivity contribution in [2.45, 2.75) is 93.9 Å². The number of carbonyl (C=O) groups is 2. The molecule has 3 atom stereocenters. The maximum Gasteiger partial charge on any atom is 0.239 e. The molecule has 0 aromatic rings. The number of rotatable bonds is 4. The molecule has 2 amide bonds. The Hall–Kier alpha value is -0.850. The third-order valence-electron chi connectivity index (χ3n) is 5.65. The van der Waals surface area contributed by atoms with E-state index in [9.17, 15) is 9.59 Å². The predicted molar refractivity (Wildman–Crippen MR) is 96.1 cm³/mol.